The van der Waals surface area contributed by atoms with E-state index in [2.05, 4.69) is 15.0 Å². The molecule has 0 amide bonds. The summed E-state index contributed by atoms with van der Waals surface area (Å²) in [6, 6.07) is 13.6. The summed E-state index contributed by atoms with van der Waals surface area (Å²) in [7, 11) is -3.77. The van der Waals surface area contributed by atoms with E-state index in [1.54, 1.807) is 25.1 Å². The third kappa shape index (κ3) is 4.30. The van der Waals surface area contributed by atoms with Gasteiger partial charge in [-0.05, 0) is 61.0 Å². The van der Waals surface area contributed by atoms with E-state index in [-0.39, 0.29) is 16.5 Å². The first kappa shape index (κ1) is 18.2. The molecule has 0 aliphatic heterocycles. The Morgan fingerprint density at radius 2 is 1.85 bits per heavy atom. The van der Waals surface area contributed by atoms with Crippen LogP contribution in [-0.4, -0.2) is 13.4 Å². The maximum atomic E-state index is 13.2. The molecule has 134 valence electrons. The lowest BCUT2D eigenvalue weighted by Gasteiger charge is -2.10. The van der Waals surface area contributed by atoms with Crippen molar-refractivity contribution in [2.45, 2.75) is 11.8 Å². The van der Waals surface area contributed by atoms with Crippen LogP contribution in [0.25, 0.3) is 0 Å². The molecule has 3 aromatic rings. The molecule has 0 bridgehead atoms. The summed E-state index contributed by atoms with van der Waals surface area (Å²) in [6.07, 6.45) is 1.45. The highest BCUT2D eigenvalue weighted by molar-refractivity contribution is 7.92. The number of nitrogens with one attached hydrogen (secondary N) is 2. The fourth-order valence-electron chi connectivity index (χ4n) is 2.24. The van der Waals surface area contributed by atoms with Crippen molar-refractivity contribution in [2.75, 3.05) is 10.0 Å². The zero-order chi connectivity index (χ0) is 18.7. The van der Waals surface area contributed by atoms with Crippen LogP contribution in [0.15, 0.2) is 65.7 Å². The van der Waals surface area contributed by atoms with Crippen LogP contribution in [0, 0.1) is 12.7 Å². The predicted octanol–water partition coefficient (Wildman–Crippen LogP) is 4.73. The second kappa shape index (κ2) is 7.31. The maximum absolute atomic E-state index is 13.2. The minimum absolute atomic E-state index is 0.100. The van der Waals surface area contributed by atoms with Crippen LogP contribution in [0.1, 0.15) is 5.56 Å². The fourth-order valence-corrected chi connectivity index (χ4v) is 3.45. The van der Waals surface area contributed by atoms with Crippen molar-refractivity contribution in [3.8, 4) is 0 Å². The fraction of sp³-hybridized carbons (Fsp3) is 0.0556. The first-order valence-corrected chi connectivity index (χ1v) is 9.47. The van der Waals surface area contributed by atoms with E-state index in [1.807, 2.05) is 0 Å². The Hall–Kier alpha value is -2.64. The Labute approximate surface area is 155 Å². The van der Waals surface area contributed by atoms with Crippen molar-refractivity contribution in [2.24, 2.45) is 0 Å². The number of hydrogen-bond donors (Lipinski definition) is 2. The molecule has 8 heteroatoms. The summed E-state index contributed by atoms with van der Waals surface area (Å²) >= 11 is 5.93. The van der Waals surface area contributed by atoms with Crippen molar-refractivity contribution in [3.63, 3.8) is 0 Å². The van der Waals surface area contributed by atoms with Gasteiger partial charge in [-0.3, -0.25) is 4.72 Å². The van der Waals surface area contributed by atoms with E-state index in [1.165, 1.54) is 42.6 Å². The highest BCUT2D eigenvalue weighted by Gasteiger charge is 2.15. The summed E-state index contributed by atoms with van der Waals surface area (Å²) in [5, 5.41) is 3.48. The van der Waals surface area contributed by atoms with Crippen LogP contribution in [0.3, 0.4) is 0 Å². The monoisotopic (exact) mass is 391 g/mol. The van der Waals surface area contributed by atoms with E-state index >= 15 is 0 Å². The number of anilines is 3. The van der Waals surface area contributed by atoms with Crippen molar-refractivity contribution in [1.29, 1.82) is 0 Å². The summed E-state index contributed by atoms with van der Waals surface area (Å²) in [6.45, 7) is 1.73. The molecule has 0 saturated carbocycles. The molecule has 0 fully saturated rings. The lowest BCUT2D eigenvalue weighted by atomic mass is 10.2. The zero-order valence-corrected chi connectivity index (χ0v) is 15.3. The van der Waals surface area contributed by atoms with Gasteiger partial charge >= 0.3 is 0 Å². The standard InChI is InChI=1S/C18H15ClFN3O2S/c1-12-9-16(6-7-17(12)19)26(24,25)23-18-8-5-15(11-21-18)22-14-4-2-3-13(20)10-14/h2-11,22H,1H3,(H,21,23). The van der Waals surface area contributed by atoms with Crippen molar-refractivity contribution in [1.82, 2.24) is 4.98 Å². The number of rotatable bonds is 5. The molecule has 26 heavy (non-hydrogen) atoms. The molecule has 2 N–H and O–H groups in total. The van der Waals surface area contributed by atoms with Gasteiger partial charge in [-0.2, -0.15) is 0 Å². The summed E-state index contributed by atoms with van der Waals surface area (Å²) < 4.78 is 40.5. The molecular weight excluding hydrogens is 377 g/mol. The third-order valence-corrected chi connectivity index (χ3v) is 5.33. The second-order valence-corrected chi connectivity index (χ2v) is 7.67. The van der Waals surface area contributed by atoms with E-state index in [9.17, 15) is 12.8 Å². The van der Waals surface area contributed by atoms with Crippen LogP contribution in [0.2, 0.25) is 5.02 Å². The largest absolute Gasteiger partial charge is 0.354 e. The van der Waals surface area contributed by atoms with Crippen molar-refractivity contribution in [3.05, 3.63) is 77.2 Å². The molecule has 0 atom stereocenters. The van der Waals surface area contributed by atoms with Gasteiger partial charge in [0.1, 0.15) is 11.6 Å². The van der Waals surface area contributed by atoms with Crippen LogP contribution in [0.5, 0.6) is 0 Å². The average Bonchev–Trinajstić information content (AvgIpc) is 2.59. The minimum Gasteiger partial charge on any atom is -0.354 e. The van der Waals surface area contributed by atoms with Crippen LogP contribution < -0.4 is 10.0 Å². The average molecular weight is 392 g/mol. The molecule has 0 spiro atoms. The molecule has 1 aromatic heterocycles. The Kier molecular flexibility index (Phi) is 5.11. The normalized spacial score (nSPS) is 11.2. The SMILES string of the molecule is Cc1cc(S(=O)(=O)Nc2ccc(Nc3cccc(F)c3)cn2)ccc1Cl. The van der Waals surface area contributed by atoms with Gasteiger partial charge in [0.2, 0.25) is 0 Å². The van der Waals surface area contributed by atoms with Gasteiger partial charge in [-0.25, -0.2) is 17.8 Å². The van der Waals surface area contributed by atoms with E-state index < -0.39 is 10.0 Å². The number of benzene rings is 2. The van der Waals surface area contributed by atoms with Gasteiger partial charge < -0.3 is 5.32 Å². The summed E-state index contributed by atoms with van der Waals surface area (Å²) in [5.41, 5.74) is 1.83. The van der Waals surface area contributed by atoms with E-state index in [0.29, 0.717) is 22.0 Å². The second-order valence-electron chi connectivity index (χ2n) is 5.58. The first-order valence-electron chi connectivity index (χ1n) is 7.61. The molecule has 2 aromatic carbocycles. The molecule has 3 rings (SSSR count). The van der Waals surface area contributed by atoms with E-state index in [4.69, 9.17) is 11.6 Å². The molecule has 5 nitrogen and oxygen atoms in total. The van der Waals surface area contributed by atoms with Crippen LogP contribution in [0.4, 0.5) is 21.6 Å². The number of halogens is 2. The Morgan fingerprint density at radius 1 is 1.04 bits per heavy atom. The molecule has 0 radical (unpaired) electrons. The molecule has 0 unspecified atom stereocenters. The summed E-state index contributed by atoms with van der Waals surface area (Å²) in [4.78, 5) is 4.18. The van der Waals surface area contributed by atoms with Gasteiger partial charge in [0.15, 0.2) is 0 Å². The number of aromatic nitrogens is 1. The zero-order valence-electron chi connectivity index (χ0n) is 13.7. The Balaban J connectivity index is 1.75. The molecule has 1 heterocycles. The van der Waals surface area contributed by atoms with Gasteiger partial charge in [0, 0.05) is 10.7 Å². The number of hydrogen-bond acceptors (Lipinski definition) is 4. The maximum Gasteiger partial charge on any atom is 0.263 e. The quantitative estimate of drug-likeness (QED) is 0.659. The number of aryl methyl sites for hydroxylation is 1. The van der Waals surface area contributed by atoms with Crippen molar-refractivity contribution >= 4 is 38.8 Å². The number of pyridine rings is 1. The van der Waals surface area contributed by atoms with E-state index in [0.717, 1.165) is 0 Å². The van der Waals surface area contributed by atoms with Gasteiger partial charge in [-0.15, -0.1) is 0 Å². The Bertz CT molecular complexity index is 1040. The highest BCUT2D eigenvalue weighted by atomic mass is 35.5. The minimum atomic E-state index is -3.77. The molecule has 0 aliphatic rings. The van der Waals surface area contributed by atoms with Gasteiger partial charge in [0.25, 0.3) is 10.0 Å². The molecule has 0 aliphatic carbocycles. The summed E-state index contributed by atoms with van der Waals surface area (Å²) in [5.74, 6) is -0.187. The molecule has 0 saturated heterocycles. The number of sulfonamides is 1. The smallest absolute Gasteiger partial charge is 0.263 e. The first-order chi connectivity index (χ1) is 12.3. The molecular formula is C18H15ClFN3O2S. The topological polar surface area (TPSA) is 71.1 Å². The highest BCUT2D eigenvalue weighted by Crippen LogP contribution is 2.22. The van der Waals surface area contributed by atoms with Crippen LogP contribution in [-0.2, 0) is 10.0 Å². The Morgan fingerprint density at radius 3 is 2.50 bits per heavy atom. The lowest BCUT2D eigenvalue weighted by molar-refractivity contribution is 0.601. The lowest BCUT2D eigenvalue weighted by Crippen LogP contribution is -2.14. The van der Waals surface area contributed by atoms with Crippen LogP contribution >= 0.6 is 11.6 Å². The van der Waals surface area contributed by atoms with Gasteiger partial charge in [-0.1, -0.05) is 17.7 Å². The van der Waals surface area contributed by atoms with Crippen molar-refractivity contribution < 1.29 is 12.8 Å². The third-order valence-electron chi connectivity index (χ3n) is 3.56. The number of nitrogens with zero attached hydrogens (tertiary/aromatic N) is 1. The van der Waals surface area contributed by atoms with Gasteiger partial charge in [0.05, 0.1) is 16.8 Å². The predicted molar refractivity (Wildman–Crippen MR) is 101 cm³/mol.